The summed E-state index contributed by atoms with van der Waals surface area (Å²) in [6, 6.07) is 10.1. The minimum absolute atomic E-state index is 0.283. The Morgan fingerprint density at radius 2 is 2.18 bits per heavy atom. The fraction of sp³-hybridized carbons (Fsp3) is 0. The molecule has 1 heterocycles. The molecule has 0 amide bonds. The number of nitriles is 1. The average Bonchev–Trinajstić information content (AvgIpc) is 2.34. The van der Waals surface area contributed by atoms with E-state index in [0.29, 0.717) is 22.0 Å². The van der Waals surface area contributed by atoms with Crippen molar-refractivity contribution in [3.63, 3.8) is 0 Å². The number of rotatable bonds is 2. The second-order valence-electron chi connectivity index (χ2n) is 3.26. The lowest BCUT2D eigenvalue weighted by Gasteiger charge is -2.08. The lowest BCUT2D eigenvalue weighted by atomic mass is 10.2. The Labute approximate surface area is 103 Å². The predicted octanol–water partition coefficient (Wildman–Crippen LogP) is 2.98. The smallest absolute Gasteiger partial charge is 0.238 e. The van der Waals surface area contributed by atoms with E-state index in [9.17, 15) is 0 Å². The fourth-order valence-corrected chi connectivity index (χ4v) is 1.42. The zero-order valence-corrected chi connectivity index (χ0v) is 9.48. The summed E-state index contributed by atoms with van der Waals surface area (Å²) in [7, 11) is 0. The largest absolute Gasteiger partial charge is 0.435 e. The first kappa shape index (κ1) is 11.2. The van der Waals surface area contributed by atoms with Gasteiger partial charge < -0.3 is 10.5 Å². The van der Waals surface area contributed by atoms with Crippen molar-refractivity contribution in [3.8, 4) is 17.7 Å². The van der Waals surface area contributed by atoms with E-state index in [0.717, 1.165) is 0 Å². The van der Waals surface area contributed by atoms with Crippen molar-refractivity contribution in [2.45, 2.75) is 0 Å². The minimum atomic E-state index is 0.283. The number of nitrogens with zero attached hydrogens (tertiary/aromatic N) is 2. The predicted molar refractivity (Wildman–Crippen MR) is 64.9 cm³/mol. The molecule has 1 aromatic carbocycles. The van der Waals surface area contributed by atoms with E-state index < -0.39 is 0 Å². The van der Waals surface area contributed by atoms with Crippen LogP contribution in [0.1, 0.15) is 5.56 Å². The monoisotopic (exact) mass is 245 g/mol. The number of halogens is 1. The van der Waals surface area contributed by atoms with Crippen LogP contribution in [-0.4, -0.2) is 4.98 Å². The maximum Gasteiger partial charge on any atom is 0.238 e. The summed E-state index contributed by atoms with van der Waals surface area (Å²) in [5.41, 5.74) is 6.59. The maximum absolute atomic E-state index is 8.71. The van der Waals surface area contributed by atoms with Crippen LogP contribution in [0.2, 0.25) is 5.02 Å². The van der Waals surface area contributed by atoms with E-state index in [1.54, 1.807) is 30.5 Å². The molecule has 0 bridgehead atoms. The summed E-state index contributed by atoms with van der Waals surface area (Å²) in [6.07, 6.45) is 1.57. The molecule has 0 fully saturated rings. The molecular formula is C12H8ClN3O. The quantitative estimate of drug-likeness (QED) is 0.826. The summed E-state index contributed by atoms with van der Waals surface area (Å²) in [4.78, 5) is 3.98. The van der Waals surface area contributed by atoms with Gasteiger partial charge >= 0.3 is 0 Å². The van der Waals surface area contributed by atoms with Gasteiger partial charge in [-0.25, -0.2) is 4.98 Å². The molecule has 1 aromatic heterocycles. The van der Waals surface area contributed by atoms with Crippen LogP contribution in [0, 0.1) is 11.3 Å². The van der Waals surface area contributed by atoms with Gasteiger partial charge in [0.05, 0.1) is 17.3 Å². The van der Waals surface area contributed by atoms with Crippen molar-refractivity contribution < 1.29 is 4.74 Å². The number of ether oxygens (including phenoxy) is 1. The molecular weight excluding hydrogens is 238 g/mol. The number of benzene rings is 1. The topological polar surface area (TPSA) is 71.9 Å². The van der Waals surface area contributed by atoms with Gasteiger partial charge in [0.25, 0.3) is 0 Å². The van der Waals surface area contributed by atoms with Crippen molar-refractivity contribution in [1.29, 1.82) is 5.26 Å². The molecule has 0 saturated heterocycles. The molecule has 0 aliphatic carbocycles. The SMILES string of the molecule is N#Cc1ccc(Oc2ncccc2Cl)c(N)c1. The molecule has 0 aliphatic heterocycles. The Morgan fingerprint density at radius 3 is 2.82 bits per heavy atom. The average molecular weight is 246 g/mol. The molecule has 0 atom stereocenters. The highest BCUT2D eigenvalue weighted by molar-refractivity contribution is 6.31. The van der Waals surface area contributed by atoms with Crippen molar-refractivity contribution in [2.75, 3.05) is 5.73 Å². The van der Waals surface area contributed by atoms with Crippen LogP contribution in [0.4, 0.5) is 5.69 Å². The van der Waals surface area contributed by atoms with Crippen LogP contribution in [0.5, 0.6) is 11.6 Å². The van der Waals surface area contributed by atoms with Crippen molar-refractivity contribution in [1.82, 2.24) is 4.98 Å². The van der Waals surface area contributed by atoms with Gasteiger partial charge in [0.15, 0.2) is 5.75 Å². The molecule has 0 saturated carbocycles. The zero-order valence-electron chi connectivity index (χ0n) is 8.72. The molecule has 4 nitrogen and oxygen atoms in total. The number of nitrogens with two attached hydrogens (primary N) is 1. The maximum atomic E-state index is 8.71. The minimum Gasteiger partial charge on any atom is -0.435 e. The first-order valence-corrected chi connectivity index (χ1v) is 5.16. The number of anilines is 1. The molecule has 0 spiro atoms. The Balaban J connectivity index is 2.32. The Morgan fingerprint density at radius 1 is 1.35 bits per heavy atom. The third-order valence-corrected chi connectivity index (χ3v) is 2.36. The molecule has 2 N–H and O–H groups in total. The number of pyridine rings is 1. The van der Waals surface area contributed by atoms with Crippen LogP contribution < -0.4 is 10.5 Å². The summed E-state index contributed by atoms with van der Waals surface area (Å²) in [6.45, 7) is 0. The molecule has 0 aliphatic rings. The highest BCUT2D eigenvalue weighted by Gasteiger charge is 2.07. The summed E-state index contributed by atoms with van der Waals surface area (Å²) >= 11 is 5.90. The second-order valence-corrected chi connectivity index (χ2v) is 3.66. The van der Waals surface area contributed by atoms with Gasteiger partial charge in [-0.15, -0.1) is 0 Å². The Kier molecular flexibility index (Phi) is 3.12. The van der Waals surface area contributed by atoms with Crippen LogP contribution in [0.15, 0.2) is 36.5 Å². The van der Waals surface area contributed by atoms with Gasteiger partial charge in [-0.05, 0) is 30.3 Å². The summed E-state index contributed by atoms with van der Waals surface area (Å²) in [5, 5.41) is 9.11. The van der Waals surface area contributed by atoms with Gasteiger partial charge in [-0.1, -0.05) is 11.6 Å². The van der Waals surface area contributed by atoms with Crippen LogP contribution in [0.25, 0.3) is 0 Å². The zero-order chi connectivity index (χ0) is 12.3. The van der Waals surface area contributed by atoms with Crippen LogP contribution >= 0.6 is 11.6 Å². The number of nitrogen functional groups attached to an aromatic ring is 1. The second kappa shape index (κ2) is 4.73. The van der Waals surface area contributed by atoms with Crippen molar-refractivity contribution in [2.24, 2.45) is 0 Å². The van der Waals surface area contributed by atoms with Crippen molar-refractivity contribution in [3.05, 3.63) is 47.1 Å². The van der Waals surface area contributed by atoms with E-state index in [2.05, 4.69) is 4.98 Å². The Hall–Kier alpha value is -2.25. The summed E-state index contributed by atoms with van der Waals surface area (Å²) < 4.78 is 5.46. The highest BCUT2D eigenvalue weighted by atomic mass is 35.5. The van der Waals surface area contributed by atoms with Crippen LogP contribution in [0.3, 0.4) is 0 Å². The normalized spacial score (nSPS) is 9.65. The lowest BCUT2D eigenvalue weighted by molar-refractivity contribution is 0.465. The third kappa shape index (κ3) is 2.47. The standard InChI is InChI=1S/C12H8ClN3O/c13-9-2-1-5-16-12(9)17-11-4-3-8(7-14)6-10(11)15/h1-6H,15H2. The van der Waals surface area contributed by atoms with E-state index in [1.807, 2.05) is 6.07 Å². The molecule has 0 radical (unpaired) electrons. The number of hydrogen-bond acceptors (Lipinski definition) is 4. The first-order valence-electron chi connectivity index (χ1n) is 4.78. The molecule has 2 rings (SSSR count). The van der Waals surface area contributed by atoms with E-state index >= 15 is 0 Å². The highest BCUT2D eigenvalue weighted by Crippen LogP contribution is 2.30. The van der Waals surface area contributed by atoms with Gasteiger partial charge in [-0.3, -0.25) is 0 Å². The molecule has 5 heteroatoms. The lowest BCUT2D eigenvalue weighted by Crippen LogP contribution is -1.94. The van der Waals surface area contributed by atoms with E-state index in [4.69, 9.17) is 27.3 Å². The number of aromatic nitrogens is 1. The van der Waals surface area contributed by atoms with E-state index in [-0.39, 0.29) is 5.88 Å². The molecule has 0 unspecified atom stereocenters. The van der Waals surface area contributed by atoms with Gasteiger partial charge in [0.2, 0.25) is 5.88 Å². The molecule has 2 aromatic rings. The van der Waals surface area contributed by atoms with Crippen LogP contribution in [-0.2, 0) is 0 Å². The molecule has 84 valence electrons. The van der Waals surface area contributed by atoms with Gasteiger partial charge in [0.1, 0.15) is 5.02 Å². The van der Waals surface area contributed by atoms with E-state index in [1.165, 1.54) is 6.07 Å². The number of hydrogen-bond donors (Lipinski definition) is 1. The fourth-order valence-electron chi connectivity index (χ4n) is 1.26. The Bertz CT molecular complexity index is 593. The third-order valence-electron chi connectivity index (χ3n) is 2.07. The molecule has 17 heavy (non-hydrogen) atoms. The van der Waals surface area contributed by atoms with Gasteiger partial charge in [-0.2, -0.15) is 5.26 Å². The van der Waals surface area contributed by atoms with Gasteiger partial charge in [0, 0.05) is 6.20 Å². The van der Waals surface area contributed by atoms with Crippen molar-refractivity contribution >= 4 is 17.3 Å². The first-order chi connectivity index (χ1) is 8.20. The summed E-state index contributed by atoms with van der Waals surface area (Å²) in [5.74, 6) is 0.704.